The van der Waals surface area contributed by atoms with Crippen molar-refractivity contribution in [3.8, 4) is 11.3 Å². The zero-order chi connectivity index (χ0) is 26.5. The molecule has 6 heteroatoms. The Bertz CT molecular complexity index is 1170. The van der Waals surface area contributed by atoms with Gasteiger partial charge >= 0.3 is 5.97 Å². The molecule has 0 aliphatic heterocycles. The van der Waals surface area contributed by atoms with E-state index in [1.54, 1.807) is 10.6 Å². The Kier molecular flexibility index (Phi) is 6.74. The molecular formula is C31H41FN2O3. The average molecular weight is 509 g/mol. The second-order valence-electron chi connectivity index (χ2n) is 13.1. The average Bonchev–Trinajstić information content (AvgIpc) is 3.50. The van der Waals surface area contributed by atoms with E-state index in [2.05, 4.69) is 51.2 Å². The number of halogens is 1. The zero-order valence-electron chi connectivity index (χ0n) is 22.7. The Morgan fingerprint density at radius 3 is 2.35 bits per heavy atom. The molecule has 0 bridgehead atoms. The number of carbonyl (C=O) groups is 2. The van der Waals surface area contributed by atoms with E-state index in [-0.39, 0.29) is 22.4 Å². The summed E-state index contributed by atoms with van der Waals surface area (Å²) in [4.78, 5) is 24.3. The summed E-state index contributed by atoms with van der Waals surface area (Å²) in [6, 6.07) is 8.20. The molecule has 5 rings (SSSR count). The van der Waals surface area contributed by atoms with Crippen LogP contribution in [0.5, 0.6) is 0 Å². The topological polar surface area (TPSA) is 71.3 Å². The molecule has 0 atom stereocenters. The standard InChI is InChI=1S/C31H41FN2O3/c1-30(2,3)22-12-20(13-23(16-22)31(4)10-11-31)26-17-25(28(35)33-24-14-21(15-24)29(36)37)27(32)34(26)18-19-8-6-5-7-9-19/h12-13,16-17,19,21,24H,5-11,14-15,18H2,1-4H3,(H,33,35)(H,36,37). The number of aliphatic carboxylic acids is 1. The van der Waals surface area contributed by atoms with Crippen LogP contribution >= 0.6 is 0 Å². The van der Waals surface area contributed by atoms with E-state index in [4.69, 9.17) is 5.11 Å². The van der Waals surface area contributed by atoms with E-state index in [0.29, 0.717) is 25.3 Å². The summed E-state index contributed by atoms with van der Waals surface area (Å²) >= 11 is 0. The molecule has 2 N–H and O–H groups in total. The number of carbonyl (C=O) groups excluding carboxylic acids is 1. The maximum Gasteiger partial charge on any atom is 0.306 e. The molecule has 0 radical (unpaired) electrons. The Morgan fingerprint density at radius 1 is 1.08 bits per heavy atom. The number of hydrogen-bond acceptors (Lipinski definition) is 2. The minimum Gasteiger partial charge on any atom is -0.481 e. The van der Waals surface area contributed by atoms with Crippen LogP contribution in [0.3, 0.4) is 0 Å². The van der Waals surface area contributed by atoms with E-state index in [0.717, 1.165) is 36.9 Å². The first-order chi connectivity index (χ1) is 17.4. The fraction of sp³-hybridized carbons (Fsp3) is 0.613. The predicted octanol–water partition coefficient (Wildman–Crippen LogP) is 6.82. The summed E-state index contributed by atoms with van der Waals surface area (Å²) in [6.07, 6.45) is 8.86. The SMILES string of the molecule is CC(C)(C)c1cc(-c2cc(C(=O)NC3CC(C(=O)O)C3)c(F)n2CC2CCCCC2)cc(C2(C)CC2)c1. The number of carboxylic acids is 1. The Labute approximate surface area is 219 Å². The normalized spacial score (nSPS) is 23.4. The predicted molar refractivity (Wildman–Crippen MR) is 143 cm³/mol. The minimum atomic E-state index is -0.837. The van der Waals surface area contributed by atoms with Gasteiger partial charge in [-0.15, -0.1) is 0 Å². The van der Waals surface area contributed by atoms with Crippen molar-refractivity contribution in [2.45, 2.75) is 109 Å². The van der Waals surface area contributed by atoms with Crippen molar-refractivity contribution in [2.24, 2.45) is 11.8 Å². The van der Waals surface area contributed by atoms with Crippen LogP contribution in [-0.4, -0.2) is 27.6 Å². The second kappa shape index (κ2) is 9.59. The monoisotopic (exact) mass is 508 g/mol. The van der Waals surface area contributed by atoms with Crippen LogP contribution in [-0.2, 0) is 22.2 Å². The van der Waals surface area contributed by atoms with E-state index in [1.165, 1.54) is 30.4 Å². The number of nitrogens with zero attached hydrogens (tertiary/aromatic N) is 1. The van der Waals surface area contributed by atoms with Crippen molar-refractivity contribution in [3.05, 3.63) is 46.9 Å². The molecule has 3 aliphatic rings. The highest BCUT2D eigenvalue weighted by atomic mass is 19.1. The van der Waals surface area contributed by atoms with E-state index < -0.39 is 23.7 Å². The first kappa shape index (κ1) is 26.0. The van der Waals surface area contributed by atoms with Gasteiger partial charge in [0, 0.05) is 12.6 Å². The summed E-state index contributed by atoms with van der Waals surface area (Å²) in [6.45, 7) is 9.48. The van der Waals surface area contributed by atoms with Gasteiger partial charge in [-0.2, -0.15) is 4.39 Å². The van der Waals surface area contributed by atoms with Crippen molar-refractivity contribution >= 4 is 11.9 Å². The summed E-state index contributed by atoms with van der Waals surface area (Å²) in [5.41, 5.74) is 4.42. The minimum absolute atomic E-state index is 0.0551. The third-order valence-electron chi connectivity index (χ3n) is 9.06. The van der Waals surface area contributed by atoms with Crippen LogP contribution in [0, 0.1) is 17.8 Å². The molecule has 0 unspecified atom stereocenters. The summed E-state index contributed by atoms with van der Waals surface area (Å²) in [5.74, 6) is -1.79. The Hall–Kier alpha value is -2.63. The highest BCUT2D eigenvalue weighted by molar-refractivity contribution is 5.96. The molecule has 5 nitrogen and oxygen atoms in total. The summed E-state index contributed by atoms with van der Waals surface area (Å²) in [5, 5.41) is 12.0. The quantitative estimate of drug-likeness (QED) is 0.431. The molecule has 1 aromatic carbocycles. The molecule has 3 fully saturated rings. The van der Waals surface area contributed by atoms with Crippen molar-refractivity contribution in [1.82, 2.24) is 9.88 Å². The third kappa shape index (κ3) is 5.35. The molecule has 0 saturated heterocycles. The van der Waals surface area contributed by atoms with Crippen LogP contribution in [0.2, 0.25) is 0 Å². The number of benzene rings is 1. The van der Waals surface area contributed by atoms with Crippen LogP contribution in [0.15, 0.2) is 24.3 Å². The first-order valence-corrected chi connectivity index (χ1v) is 14.0. The summed E-state index contributed by atoms with van der Waals surface area (Å²) in [7, 11) is 0. The molecule has 0 spiro atoms. The maximum absolute atomic E-state index is 16.1. The molecule has 1 amide bonds. The number of hydrogen-bond donors (Lipinski definition) is 2. The number of nitrogens with one attached hydrogen (secondary N) is 1. The van der Waals surface area contributed by atoms with Gasteiger partial charge in [-0.3, -0.25) is 9.59 Å². The van der Waals surface area contributed by atoms with Crippen LogP contribution < -0.4 is 5.32 Å². The maximum atomic E-state index is 16.1. The number of aromatic nitrogens is 1. The second-order valence-corrected chi connectivity index (χ2v) is 13.1. The van der Waals surface area contributed by atoms with Gasteiger partial charge in [-0.1, -0.05) is 53.0 Å². The van der Waals surface area contributed by atoms with Crippen molar-refractivity contribution < 1.29 is 19.1 Å². The largest absolute Gasteiger partial charge is 0.481 e. The van der Waals surface area contributed by atoms with Gasteiger partial charge in [-0.25, -0.2) is 0 Å². The van der Waals surface area contributed by atoms with Gasteiger partial charge < -0.3 is 15.0 Å². The highest BCUT2D eigenvalue weighted by Crippen LogP contribution is 2.49. The molecule has 1 heterocycles. The highest BCUT2D eigenvalue weighted by Gasteiger charge is 2.40. The van der Waals surface area contributed by atoms with Crippen molar-refractivity contribution in [3.63, 3.8) is 0 Å². The fourth-order valence-corrected chi connectivity index (χ4v) is 5.96. The van der Waals surface area contributed by atoms with Crippen LogP contribution in [0.25, 0.3) is 11.3 Å². The van der Waals surface area contributed by atoms with Gasteiger partial charge in [0.1, 0.15) is 0 Å². The Morgan fingerprint density at radius 2 is 1.76 bits per heavy atom. The van der Waals surface area contributed by atoms with Gasteiger partial charge in [0.2, 0.25) is 5.95 Å². The smallest absolute Gasteiger partial charge is 0.306 e. The Balaban J connectivity index is 1.52. The zero-order valence-corrected chi connectivity index (χ0v) is 22.7. The summed E-state index contributed by atoms with van der Waals surface area (Å²) < 4.78 is 17.8. The molecular weight excluding hydrogens is 467 g/mol. The molecule has 2 aromatic rings. The lowest BCUT2D eigenvalue weighted by Gasteiger charge is -2.32. The molecule has 3 aliphatic carbocycles. The van der Waals surface area contributed by atoms with Crippen molar-refractivity contribution in [2.75, 3.05) is 0 Å². The van der Waals surface area contributed by atoms with E-state index >= 15 is 4.39 Å². The molecule has 200 valence electrons. The third-order valence-corrected chi connectivity index (χ3v) is 9.06. The molecule has 3 saturated carbocycles. The fourth-order valence-electron chi connectivity index (χ4n) is 5.96. The van der Waals surface area contributed by atoms with Gasteiger partial charge in [0.05, 0.1) is 17.2 Å². The lowest BCUT2D eigenvalue weighted by Crippen LogP contribution is -2.46. The number of carboxylic acid groups (broad SMARTS) is 1. The lowest BCUT2D eigenvalue weighted by atomic mass is 9.80. The van der Waals surface area contributed by atoms with Gasteiger partial charge in [-0.05, 0) is 90.2 Å². The van der Waals surface area contributed by atoms with E-state index in [1.807, 2.05) is 0 Å². The number of rotatable bonds is 7. The van der Waals surface area contributed by atoms with Crippen LogP contribution in [0.1, 0.15) is 107 Å². The molecule has 1 aromatic heterocycles. The lowest BCUT2D eigenvalue weighted by molar-refractivity contribution is -0.145. The van der Waals surface area contributed by atoms with E-state index in [9.17, 15) is 9.59 Å². The van der Waals surface area contributed by atoms with Crippen molar-refractivity contribution in [1.29, 1.82) is 0 Å². The van der Waals surface area contributed by atoms with Gasteiger partial charge in [0.15, 0.2) is 0 Å². The van der Waals surface area contributed by atoms with Crippen LogP contribution in [0.4, 0.5) is 4.39 Å². The molecule has 37 heavy (non-hydrogen) atoms. The first-order valence-electron chi connectivity index (χ1n) is 14.0. The van der Waals surface area contributed by atoms with Gasteiger partial charge in [0.25, 0.3) is 5.91 Å². The number of amides is 1.